The number of nitrogens with zero attached hydrogens (tertiary/aromatic N) is 1. The third kappa shape index (κ3) is 12.5. The molecule has 1 unspecified atom stereocenters. The second-order valence-corrected chi connectivity index (χ2v) is 16.1. The van der Waals surface area contributed by atoms with E-state index in [0.29, 0.717) is 38.5 Å². The van der Waals surface area contributed by atoms with Gasteiger partial charge >= 0.3 is 5.97 Å². The van der Waals surface area contributed by atoms with Crippen LogP contribution < -0.4 is 0 Å². The van der Waals surface area contributed by atoms with Gasteiger partial charge in [-0.05, 0) is 71.9 Å². The summed E-state index contributed by atoms with van der Waals surface area (Å²) >= 11 is 0. The van der Waals surface area contributed by atoms with Gasteiger partial charge in [-0.25, -0.2) is 0 Å². The van der Waals surface area contributed by atoms with Crippen LogP contribution in [-0.2, 0) is 47.5 Å². The Morgan fingerprint density at radius 1 is 0.868 bits per heavy atom. The molecule has 0 saturated carbocycles. The van der Waals surface area contributed by atoms with E-state index < -0.39 is 85.1 Å². The molecule has 3 aliphatic heterocycles. The molecule has 308 valence electrons. The molecule has 3 aliphatic rings. The lowest BCUT2D eigenvalue weighted by Gasteiger charge is -2.44. The lowest BCUT2D eigenvalue weighted by atomic mass is 9.79. The second kappa shape index (κ2) is 21.6. The number of aliphatic hydroxyl groups excluding tert-OH is 3. The maximum Gasteiger partial charge on any atom is 0.308 e. The first kappa shape index (κ1) is 45.8. The largest absolute Gasteiger partial charge is 0.462 e. The van der Waals surface area contributed by atoms with Crippen LogP contribution in [0.5, 0.6) is 0 Å². The Morgan fingerprint density at radius 3 is 2.15 bits per heavy atom. The van der Waals surface area contributed by atoms with Crippen molar-refractivity contribution in [3.05, 3.63) is 0 Å². The van der Waals surface area contributed by atoms with Crippen LogP contribution in [0.15, 0.2) is 0 Å². The number of aliphatic hydroxyl groups is 3. The number of carbonyl (C=O) groups excluding carboxylic acids is 3. The van der Waals surface area contributed by atoms with Crippen molar-refractivity contribution >= 4 is 18.0 Å². The molecule has 17 atom stereocenters. The van der Waals surface area contributed by atoms with Gasteiger partial charge in [-0.3, -0.25) is 9.59 Å². The van der Waals surface area contributed by atoms with E-state index in [2.05, 4.69) is 6.92 Å². The average molecular weight is 760 g/mol. The Labute approximate surface area is 316 Å². The fraction of sp³-hybridized carbons (Fsp3) is 0.923. The molecule has 0 aromatic heterocycles. The molecule has 0 bridgehead atoms. The zero-order valence-electron chi connectivity index (χ0n) is 33.6. The van der Waals surface area contributed by atoms with E-state index >= 15 is 0 Å². The molecule has 0 spiro atoms. The number of likely N-dealkylation sites (N-methyl/N-ethyl adjacent to an activating group) is 1. The second-order valence-electron chi connectivity index (χ2n) is 16.1. The third-order valence-electron chi connectivity index (χ3n) is 11.7. The predicted octanol–water partition coefficient (Wildman–Crippen LogP) is 2.90. The number of ether oxygens (including phenoxy) is 7. The van der Waals surface area contributed by atoms with Gasteiger partial charge in [-0.1, -0.05) is 27.7 Å². The Balaban J connectivity index is 1.90. The van der Waals surface area contributed by atoms with Crippen molar-refractivity contribution in [3.63, 3.8) is 0 Å². The van der Waals surface area contributed by atoms with Crippen LogP contribution in [0.25, 0.3) is 0 Å². The smallest absolute Gasteiger partial charge is 0.308 e. The van der Waals surface area contributed by atoms with Crippen LogP contribution in [-0.4, -0.2) is 147 Å². The van der Waals surface area contributed by atoms with Gasteiger partial charge in [0, 0.05) is 50.9 Å². The highest BCUT2D eigenvalue weighted by Gasteiger charge is 2.46. The molecule has 53 heavy (non-hydrogen) atoms. The summed E-state index contributed by atoms with van der Waals surface area (Å²) in [5.74, 6) is -2.37. The van der Waals surface area contributed by atoms with E-state index in [1.807, 2.05) is 39.8 Å². The highest BCUT2D eigenvalue weighted by atomic mass is 16.7. The van der Waals surface area contributed by atoms with E-state index in [1.165, 1.54) is 14.2 Å². The Kier molecular flexibility index (Phi) is 18.7. The van der Waals surface area contributed by atoms with Gasteiger partial charge in [0.2, 0.25) is 0 Å². The molecule has 3 N–H and O–H groups in total. The molecule has 0 aliphatic carbocycles. The SMILES string of the molecule is CC[C@H]1OC(=O)C[C@H](O)[C@H](C)[C@@H](O[C@@H]2O[C@H](C)C[C@H](N(C)C)[C@H]2O)[C@@H](CC=O)C[C@H](C)C(=O)CCC(C)C[C@@H]1CO[C@@H]1O[C@H](C)[C@@H](O)[C@@H](OC)[C@H]1OC. The standard InChI is InChI=1S/C39H69NO13/c1-11-31-27(20-49-39-37(48-10)36(47-9)33(45)25(6)51-39)16-21(2)12-13-29(42)22(3)17-26(14-15-41)35(24(5)30(43)19-32(44)52-31)53-38-34(46)28(40(7)8)18-23(4)50-38/h15,21-28,30-31,33-39,43,45-46H,11-14,16-20H2,1-10H3/t21?,22-,23+,24-,25+,26-,27+,28-,30-,31+,33+,34+,35+,36+,37+,38-,39+/m0/s1. The summed E-state index contributed by atoms with van der Waals surface area (Å²) in [5, 5.41) is 33.5. The summed E-state index contributed by atoms with van der Waals surface area (Å²) in [6, 6.07) is -0.249. The maximum absolute atomic E-state index is 13.6. The number of aldehydes is 1. The molecule has 14 heteroatoms. The van der Waals surface area contributed by atoms with Crippen LogP contribution >= 0.6 is 0 Å². The molecule has 0 aromatic carbocycles. The van der Waals surface area contributed by atoms with Crippen molar-refractivity contribution in [1.82, 2.24) is 4.90 Å². The predicted molar refractivity (Wildman–Crippen MR) is 195 cm³/mol. The molecular weight excluding hydrogens is 690 g/mol. The molecule has 3 saturated heterocycles. The summed E-state index contributed by atoms with van der Waals surface area (Å²) < 4.78 is 42.1. The van der Waals surface area contributed by atoms with Crippen LogP contribution in [0, 0.1) is 29.6 Å². The van der Waals surface area contributed by atoms with E-state index in [9.17, 15) is 29.7 Å². The van der Waals surface area contributed by atoms with Crippen molar-refractivity contribution in [1.29, 1.82) is 0 Å². The fourth-order valence-corrected chi connectivity index (χ4v) is 8.31. The Hall–Kier alpha value is -1.59. The summed E-state index contributed by atoms with van der Waals surface area (Å²) in [5.41, 5.74) is 0. The molecule has 3 rings (SSSR count). The topological polar surface area (TPSA) is 180 Å². The van der Waals surface area contributed by atoms with Crippen molar-refractivity contribution < 1.29 is 62.9 Å². The van der Waals surface area contributed by atoms with E-state index in [4.69, 9.17) is 33.2 Å². The number of hydrogen-bond acceptors (Lipinski definition) is 14. The minimum absolute atomic E-state index is 0.0578. The van der Waals surface area contributed by atoms with Gasteiger partial charge in [0.15, 0.2) is 12.6 Å². The van der Waals surface area contributed by atoms with E-state index in [1.54, 1.807) is 13.8 Å². The molecule has 14 nitrogen and oxygen atoms in total. The van der Waals surface area contributed by atoms with Crippen molar-refractivity contribution in [3.8, 4) is 0 Å². The molecule has 3 fully saturated rings. The third-order valence-corrected chi connectivity index (χ3v) is 11.7. The summed E-state index contributed by atoms with van der Waals surface area (Å²) in [6.45, 7) is 11.3. The minimum Gasteiger partial charge on any atom is -0.462 e. The minimum atomic E-state index is -1.23. The van der Waals surface area contributed by atoms with Crippen LogP contribution in [0.3, 0.4) is 0 Å². The van der Waals surface area contributed by atoms with Gasteiger partial charge in [0.05, 0.1) is 37.4 Å². The van der Waals surface area contributed by atoms with Crippen molar-refractivity contribution in [2.75, 3.05) is 34.9 Å². The number of esters is 1. The van der Waals surface area contributed by atoms with Gasteiger partial charge in [-0.2, -0.15) is 0 Å². The van der Waals surface area contributed by atoms with Crippen molar-refractivity contribution in [2.45, 2.75) is 166 Å². The van der Waals surface area contributed by atoms with Gasteiger partial charge in [0.1, 0.15) is 42.6 Å². The first-order valence-electron chi connectivity index (χ1n) is 19.6. The zero-order chi connectivity index (χ0) is 39.6. The molecule has 0 amide bonds. The number of hydrogen-bond donors (Lipinski definition) is 3. The Bertz CT molecular complexity index is 1130. The summed E-state index contributed by atoms with van der Waals surface area (Å²) in [4.78, 5) is 41.2. The van der Waals surface area contributed by atoms with Crippen molar-refractivity contribution in [2.24, 2.45) is 29.6 Å². The van der Waals surface area contributed by atoms with Crippen LogP contribution in [0.4, 0.5) is 0 Å². The quantitative estimate of drug-likeness (QED) is 0.207. The van der Waals surface area contributed by atoms with E-state index in [-0.39, 0.29) is 49.2 Å². The van der Waals surface area contributed by atoms with Gasteiger partial charge < -0.3 is 58.2 Å². The highest BCUT2D eigenvalue weighted by molar-refractivity contribution is 5.80. The monoisotopic (exact) mass is 759 g/mol. The first-order valence-corrected chi connectivity index (χ1v) is 19.6. The maximum atomic E-state index is 13.6. The number of Topliss-reactive ketones (excluding diaryl/α,β-unsaturated/α-hetero) is 1. The molecule has 0 aromatic rings. The number of rotatable bonds is 11. The van der Waals surface area contributed by atoms with E-state index in [0.717, 1.165) is 6.29 Å². The van der Waals surface area contributed by atoms with Crippen LogP contribution in [0.2, 0.25) is 0 Å². The molecule has 3 heterocycles. The average Bonchev–Trinajstić information content (AvgIpc) is 3.11. The number of ketones is 1. The fourth-order valence-electron chi connectivity index (χ4n) is 8.31. The van der Waals surface area contributed by atoms with Gasteiger partial charge in [-0.15, -0.1) is 0 Å². The lowest BCUT2D eigenvalue weighted by molar-refractivity contribution is -0.305. The zero-order valence-corrected chi connectivity index (χ0v) is 33.6. The van der Waals surface area contributed by atoms with Crippen LogP contribution in [0.1, 0.15) is 92.9 Å². The molecular formula is C39H69NO13. The Morgan fingerprint density at radius 2 is 1.55 bits per heavy atom. The first-order chi connectivity index (χ1) is 25.1. The lowest BCUT2D eigenvalue weighted by Crippen LogP contribution is -2.59. The highest BCUT2D eigenvalue weighted by Crippen LogP contribution is 2.35. The number of cyclic esters (lactones) is 1. The summed E-state index contributed by atoms with van der Waals surface area (Å²) in [7, 11) is 6.74. The number of methoxy groups -OCH3 is 2. The number of carbonyl (C=O) groups is 3. The molecule has 0 radical (unpaired) electrons. The normalized spacial score (nSPS) is 43.0. The van der Waals surface area contributed by atoms with Gasteiger partial charge in [0.25, 0.3) is 0 Å². The summed E-state index contributed by atoms with van der Waals surface area (Å²) in [6.07, 6.45) is -5.26.